The van der Waals surface area contributed by atoms with Crippen molar-refractivity contribution in [2.75, 3.05) is 20.8 Å². The quantitative estimate of drug-likeness (QED) is 0.510. The van der Waals surface area contributed by atoms with Crippen molar-refractivity contribution in [3.63, 3.8) is 0 Å². The lowest BCUT2D eigenvalue weighted by molar-refractivity contribution is -0.148. The summed E-state index contributed by atoms with van der Waals surface area (Å²) in [7, 11) is 3.21. The first-order chi connectivity index (χ1) is 8.37. The Morgan fingerprint density at radius 3 is 2.33 bits per heavy atom. The highest BCUT2D eigenvalue weighted by molar-refractivity contribution is 5.80. The Hall–Kier alpha value is -0.610. The summed E-state index contributed by atoms with van der Waals surface area (Å²) in [5.41, 5.74) is -0.585. The average molecular weight is 259 g/mol. The van der Waals surface area contributed by atoms with E-state index >= 15 is 0 Å². The summed E-state index contributed by atoms with van der Waals surface area (Å²) in [6.45, 7) is 9.02. The third kappa shape index (κ3) is 5.83. The van der Waals surface area contributed by atoms with E-state index in [1.807, 2.05) is 6.92 Å². The summed E-state index contributed by atoms with van der Waals surface area (Å²) in [5.74, 6) is 0.337. The van der Waals surface area contributed by atoms with E-state index in [9.17, 15) is 4.79 Å². The molecule has 4 nitrogen and oxygen atoms in total. The summed E-state index contributed by atoms with van der Waals surface area (Å²) in [4.78, 5) is 11.6. The van der Waals surface area contributed by atoms with Crippen LogP contribution in [0.15, 0.2) is 0 Å². The second kappa shape index (κ2) is 8.48. The van der Waals surface area contributed by atoms with Crippen molar-refractivity contribution in [2.45, 2.75) is 58.6 Å². The fourth-order valence-electron chi connectivity index (χ4n) is 1.60. The lowest BCUT2D eigenvalue weighted by Crippen LogP contribution is -2.48. The molecule has 0 rings (SSSR count). The Balaban J connectivity index is 3.86. The van der Waals surface area contributed by atoms with E-state index in [1.165, 1.54) is 7.11 Å². The molecule has 0 aliphatic heterocycles. The van der Waals surface area contributed by atoms with Gasteiger partial charge in [0.25, 0.3) is 0 Å². The maximum absolute atomic E-state index is 11.6. The molecule has 0 bridgehead atoms. The standard InChI is InChI=1S/C14H29NO3/c1-11(2)12(3)18-10-8-7-9-14(4,15-5)13(16)17-6/h11-12,15H,7-10H2,1-6H3. The van der Waals surface area contributed by atoms with Gasteiger partial charge in [0.05, 0.1) is 13.2 Å². The van der Waals surface area contributed by atoms with Crippen LogP contribution in [-0.4, -0.2) is 38.4 Å². The van der Waals surface area contributed by atoms with Crippen LogP contribution < -0.4 is 5.32 Å². The van der Waals surface area contributed by atoms with E-state index in [0.717, 1.165) is 25.9 Å². The van der Waals surface area contributed by atoms with Gasteiger partial charge in [0.2, 0.25) is 0 Å². The van der Waals surface area contributed by atoms with Crippen LogP contribution in [0.5, 0.6) is 0 Å². The molecule has 2 unspecified atom stereocenters. The van der Waals surface area contributed by atoms with Gasteiger partial charge in [-0.1, -0.05) is 13.8 Å². The van der Waals surface area contributed by atoms with Gasteiger partial charge in [0, 0.05) is 6.61 Å². The highest BCUT2D eigenvalue weighted by Gasteiger charge is 2.31. The van der Waals surface area contributed by atoms with Crippen molar-refractivity contribution >= 4 is 5.97 Å². The number of carbonyl (C=O) groups is 1. The lowest BCUT2D eigenvalue weighted by Gasteiger charge is -2.26. The number of carbonyl (C=O) groups excluding carboxylic acids is 1. The molecule has 0 fully saturated rings. The van der Waals surface area contributed by atoms with Gasteiger partial charge in [-0.2, -0.15) is 0 Å². The minimum absolute atomic E-state index is 0.207. The zero-order chi connectivity index (χ0) is 14.2. The first kappa shape index (κ1) is 17.4. The lowest BCUT2D eigenvalue weighted by atomic mass is 9.95. The molecule has 0 aliphatic rings. The molecule has 0 aromatic carbocycles. The maximum Gasteiger partial charge on any atom is 0.325 e. The fourth-order valence-corrected chi connectivity index (χ4v) is 1.60. The largest absolute Gasteiger partial charge is 0.468 e. The minimum Gasteiger partial charge on any atom is -0.468 e. The number of unbranched alkanes of at least 4 members (excludes halogenated alkanes) is 1. The first-order valence-electron chi connectivity index (χ1n) is 6.76. The van der Waals surface area contributed by atoms with Gasteiger partial charge in [-0.05, 0) is 46.1 Å². The van der Waals surface area contributed by atoms with Crippen molar-refractivity contribution in [3.8, 4) is 0 Å². The highest BCUT2D eigenvalue weighted by atomic mass is 16.5. The van der Waals surface area contributed by atoms with Crippen LogP contribution in [0.2, 0.25) is 0 Å². The van der Waals surface area contributed by atoms with Crippen LogP contribution in [0, 0.1) is 5.92 Å². The Kier molecular flexibility index (Phi) is 8.20. The van der Waals surface area contributed by atoms with Crippen LogP contribution in [0.25, 0.3) is 0 Å². The topological polar surface area (TPSA) is 47.6 Å². The van der Waals surface area contributed by atoms with Crippen molar-refractivity contribution in [3.05, 3.63) is 0 Å². The van der Waals surface area contributed by atoms with E-state index in [1.54, 1.807) is 7.05 Å². The number of esters is 1. The van der Waals surface area contributed by atoms with E-state index < -0.39 is 5.54 Å². The predicted molar refractivity (Wildman–Crippen MR) is 73.6 cm³/mol. The number of hydrogen-bond donors (Lipinski definition) is 1. The Bertz CT molecular complexity index is 243. The van der Waals surface area contributed by atoms with Crippen molar-refractivity contribution in [2.24, 2.45) is 5.92 Å². The number of nitrogens with one attached hydrogen (secondary N) is 1. The number of likely N-dealkylation sites (N-methyl/N-ethyl adjacent to an activating group) is 1. The fraction of sp³-hybridized carbons (Fsp3) is 0.929. The minimum atomic E-state index is -0.585. The van der Waals surface area contributed by atoms with E-state index in [2.05, 4.69) is 26.1 Å². The molecular weight excluding hydrogens is 230 g/mol. The zero-order valence-electron chi connectivity index (χ0n) is 12.7. The van der Waals surface area contributed by atoms with E-state index in [4.69, 9.17) is 9.47 Å². The third-order valence-electron chi connectivity index (χ3n) is 3.58. The van der Waals surface area contributed by atoms with Crippen molar-refractivity contribution < 1.29 is 14.3 Å². The summed E-state index contributed by atoms with van der Waals surface area (Å²) in [6.07, 6.45) is 2.96. The molecule has 18 heavy (non-hydrogen) atoms. The monoisotopic (exact) mass is 259 g/mol. The summed E-state index contributed by atoms with van der Waals surface area (Å²) >= 11 is 0. The van der Waals surface area contributed by atoms with Gasteiger partial charge in [0.1, 0.15) is 5.54 Å². The zero-order valence-corrected chi connectivity index (χ0v) is 12.7. The molecule has 0 aromatic heterocycles. The molecule has 2 atom stereocenters. The molecule has 108 valence electrons. The molecule has 0 amide bonds. The number of methoxy groups -OCH3 is 1. The van der Waals surface area contributed by atoms with Crippen molar-refractivity contribution in [1.29, 1.82) is 0 Å². The molecule has 4 heteroatoms. The number of rotatable bonds is 9. The normalized spacial score (nSPS) is 16.4. The van der Waals surface area contributed by atoms with Crippen LogP contribution >= 0.6 is 0 Å². The molecule has 1 N–H and O–H groups in total. The molecule has 0 radical (unpaired) electrons. The second-order valence-corrected chi connectivity index (χ2v) is 5.35. The van der Waals surface area contributed by atoms with Crippen LogP contribution in [0.4, 0.5) is 0 Å². The molecule has 0 spiro atoms. The molecular formula is C14H29NO3. The predicted octanol–water partition coefficient (Wildman–Crippen LogP) is 2.37. The number of hydrogen-bond acceptors (Lipinski definition) is 4. The Labute approximate surface area is 111 Å². The molecule has 0 saturated heterocycles. The van der Waals surface area contributed by atoms with Gasteiger partial charge >= 0.3 is 5.97 Å². The van der Waals surface area contributed by atoms with Crippen LogP contribution in [0.1, 0.15) is 47.0 Å². The van der Waals surface area contributed by atoms with E-state index in [0.29, 0.717) is 12.0 Å². The Morgan fingerprint density at radius 2 is 1.89 bits per heavy atom. The molecule has 0 aliphatic carbocycles. The van der Waals surface area contributed by atoms with Gasteiger partial charge in [-0.25, -0.2) is 0 Å². The first-order valence-corrected chi connectivity index (χ1v) is 6.76. The molecule has 0 heterocycles. The maximum atomic E-state index is 11.6. The average Bonchev–Trinajstić information content (AvgIpc) is 2.36. The van der Waals surface area contributed by atoms with Crippen LogP contribution in [-0.2, 0) is 14.3 Å². The summed E-state index contributed by atoms with van der Waals surface area (Å²) < 4.78 is 10.5. The summed E-state index contributed by atoms with van der Waals surface area (Å²) in [5, 5.41) is 3.03. The van der Waals surface area contributed by atoms with Crippen molar-refractivity contribution in [1.82, 2.24) is 5.32 Å². The SMILES string of the molecule is CNC(C)(CCCCOC(C)C(C)C)C(=O)OC. The van der Waals surface area contributed by atoms with Crippen LogP contribution in [0.3, 0.4) is 0 Å². The van der Waals surface area contributed by atoms with Gasteiger partial charge in [-0.3, -0.25) is 4.79 Å². The number of ether oxygens (including phenoxy) is 2. The molecule has 0 saturated carbocycles. The third-order valence-corrected chi connectivity index (χ3v) is 3.58. The Morgan fingerprint density at radius 1 is 1.28 bits per heavy atom. The smallest absolute Gasteiger partial charge is 0.325 e. The van der Waals surface area contributed by atoms with Gasteiger partial charge < -0.3 is 14.8 Å². The van der Waals surface area contributed by atoms with Gasteiger partial charge in [-0.15, -0.1) is 0 Å². The second-order valence-electron chi connectivity index (χ2n) is 5.35. The molecule has 0 aromatic rings. The summed E-state index contributed by atoms with van der Waals surface area (Å²) in [6, 6.07) is 0. The van der Waals surface area contributed by atoms with E-state index in [-0.39, 0.29) is 5.97 Å². The highest BCUT2D eigenvalue weighted by Crippen LogP contribution is 2.15. The van der Waals surface area contributed by atoms with Gasteiger partial charge in [0.15, 0.2) is 0 Å².